The van der Waals surface area contributed by atoms with Crippen LogP contribution in [-0.4, -0.2) is 35.3 Å². The Morgan fingerprint density at radius 2 is 1.67 bits per heavy atom. The van der Waals surface area contributed by atoms with Gasteiger partial charge >= 0.3 is 0 Å². The number of anilines is 1. The van der Waals surface area contributed by atoms with Crippen LogP contribution in [0.3, 0.4) is 0 Å². The molecule has 0 spiro atoms. The van der Waals surface area contributed by atoms with Crippen molar-refractivity contribution in [1.29, 1.82) is 0 Å². The number of carbonyl (C=O) groups is 1. The van der Waals surface area contributed by atoms with Crippen molar-refractivity contribution in [3.05, 3.63) is 102 Å². The quantitative estimate of drug-likeness (QED) is 0.439. The average molecular weight is 399 g/mol. The van der Waals surface area contributed by atoms with Crippen molar-refractivity contribution in [2.75, 3.05) is 18.9 Å². The van der Waals surface area contributed by atoms with Gasteiger partial charge in [-0.3, -0.25) is 4.79 Å². The fourth-order valence-electron chi connectivity index (χ4n) is 3.82. The first-order valence-corrected chi connectivity index (χ1v) is 10.0. The Hall–Kier alpha value is -3.41. The smallest absolute Gasteiger partial charge is 0.255 e. The van der Waals surface area contributed by atoms with E-state index in [4.69, 9.17) is 0 Å². The molecule has 0 aliphatic rings. The fourth-order valence-corrected chi connectivity index (χ4v) is 3.82. The molecular weight excluding hydrogens is 374 g/mol. The van der Waals surface area contributed by atoms with Crippen molar-refractivity contribution in [1.82, 2.24) is 9.88 Å². The van der Waals surface area contributed by atoms with Crippen LogP contribution in [0.1, 0.15) is 22.0 Å². The first-order chi connectivity index (χ1) is 14.7. The number of nitrogens with one attached hydrogen (secondary N) is 2. The fraction of sp³-hybridized carbons (Fsp3) is 0.160. The molecule has 0 aliphatic carbocycles. The molecule has 0 radical (unpaired) electrons. The SMILES string of the molecule is CNCC(O)C(c1ccccc1)n1ccc2cc(NC(=O)c3ccccc3)ccc21. The number of amides is 1. The van der Waals surface area contributed by atoms with Crippen molar-refractivity contribution in [2.24, 2.45) is 0 Å². The minimum atomic E-state index is -0.592. The number of likely N-dealkylation sites (N-methyl/N-ethyl adjacent to an activating group) is 1. The molecule has 0 saturated carbocycles. The van der Waals surface area contributed by atoms with Crippen LogP contribution in [0.5, 0.6) is 0 Å². The lowest BCUT2D eigenvalue weighted by atomic mass is 10.0. The molecule has 1 amide bonds. The maximum Gasteiger partial charge on any atom is 0.255 e. The highest BCUT2D eigenvalue weighted by atomic mass is 16.3. The summed E-state index contributed by atoms with van der Waals surface area (Å²) in [6.45, 7) is 0.477. The summed E-state index contributed by atoms with van der Waals surface area (Å²) in [5.41, 5.74) is 3.39. The second-order valence-corrected chi connectivity index (χ2v) is 7.30. The Morgan fingerprint density at radius 1 is 0.967 bits per heavy atom. The summed E-state index contributed by atoms with van der Waals surface area (Å²) in [4.78, 5) is 12.5. The van der Waals surface area contributed by atoms with Crippen molar-refractivity contribution in [3.8, 4) is 0 Å². The molecule has 2 unspecified atom stereocenters. The van der Waals surface area contributed by atoms with Crippen LogP contribution in [0.25, 0.3) is 10.9 Å². The van der Waals surface area contributed by atoms with E-state index in [1.807, 2.05) is 86.0 Å². The monoisotopic (exact) mass is 399 g/mol. The molecule has 30 heavy (non-hydrogen) atoms. The van der Waals surface area contributed by atoms with E-state index in [0.717, 1.165) is 22.2 Å². The molecule has 1 aromatic heterocycles. The molecule has 3 aromatic carbocycles. The second-order valence-electron chi connectivity index (χ2n) is 7.30. The Kier molecular flexibility index (Phi) is 5.93. The lowest BCUT2D eigenvalue weighted by Gasteiger charge is -2.26. The third kappa shape index (κ3) is 4.13. The largest absolute Gasteiger partial charge is 0.389 e. The highest BCUT2D eigenvalue weighted by molar-refractivity contribution is 6.05. The molecule has 5 nitrogen and oxygen atoms in total. The van der Waals surface area contributed by atoms with Crippen molar-refractivity contribution >= 4 is 22.5 Å². The van der Waals surface area contributed by atoms with Crippen molar-refractivity contribution in [3.63, 3.8) is 0 Å². The van der Waals surface area contributed by atoms with Gasteiger partial charge in [-0.15, -0.1) is 0 Å². The zero-order valence-corrected chi connectivity index (χ0v) is 16.8. The van der Waals surface area contributed by atoms with Crippen LogP contribution in [0.15, 0.2) is 91.1 Å². The molecule has 4 rings (SSSR count). The number of nitrogens with zero attached hydrogens (tertiary/aromatic N) is 1. The van der Waals surface area contributed by atoms with Gasteiger partial charge in [0.15, 0.2) is 0 Å². The number of hydrogen-bond acceptors (Lipinski definition) is 3. The minimum absolute atomic E-state index is 0.138. The van der Waals surface area contributed by atoms with E-state index < -0.39 is 6.10 Å². The van der Waals surface area contributed by atoms with Crippen LogP contribution in [0.4, 0.5) is 5.69 Å². The normalized spacial score (nSPS) is 13.1. The number of carbonyl (C=O) groups excluding carboxylic acids is 1. The molecule has 0 fully saturated rings. The summed E-state index contributed by atoms with van der Waals surface area (Å²) >= 11 is 0. The third-order valence-corrected chi connectivity index (χ3v) is 5.23. The lowest BCUT2D eigenvalue weighted by molar-refractivity contribution is 0.102. The van der Waals surface area contributed by atoms with Crippen LogP contribution < -0.4 is 10.6 Å². The molecule has 0 aliphatic heterocycles. The zero-order chi connectivity index (χ0) is 20.9. The highest BCUT2D eigenvalue weighted by Gasteiger charge is 2.23. The summed E-state index contributed by atoms with van der Waals surface area (Å²) in [7, 11) is 1.83. The van der Waals surface area contributed by atoms with Gasteiger partial charge in [0.2, 0.25) is 0 Å². The summed E-state index contributed by atoms with van der Waals surface area (Å²) in [5, 5.41) is 17.9. The van der Waals surface area contributed by atoms with Gasteiger partial charge in [-0.2, -0.15) is 0 Å². The minimum Gasteiger partial charge on any atom is -0.389 e. The van der Waals surface area contributed by atoms with E-state index in [1.54, 1.807) is 12.1 Å². The van der Waals surface area contributed by atoms with Crippen LogP contribution in [0, 0.1) is 0 Å². The molecule has 2 atom stereocenters. The second kappa shape index (κ2) is 8.95. The van der Waals surface area contributed by atoms with Gasteiger partial charge in [0.1, 0.15) is 0 Å². The van der Waals surface area contributed by atoms with Crippen LogP contribution >= 0.6 is 0 Å². The topological polar surface area (TPSA) is 66.3 Å². The predicted molar refractivity (Wildman–Crippen MR) is 121 cm³/mol. The predicted octanol–water partition coefficient (Wildman–Crippen LogP) is 4.06. The van der Waals surface area contributed by atoms with Gasteiger partial charge in [-0.1, -0.05) is 48.5 Å². The number of aliphatic hydroxyl groups excluding tert-OH is 1. The summed E-state index contributed by atoms with van der Waals surface area (Å²) in [5.74, 6) is -0.138. The van der Waals surface area contributed by atoms with Crippen LogP contribution in [-0.2, 0) is 0 Å². The number of aromatic nitrogens is 1. The first kappa shape index (κ1) is 19.9. The molecule has 152 valence electrons. The molecule has 1 heterocycles. The molecule has 0 bridgehead atoms. The molecule has 3 N–H and O–H groups in total. The average Bonchev–Trinajstić information content (AvgIpc) is 3.18. The van der Waals surface area contributed by atoms with Gasteiger partial charge < -0.3 is 20.3 Å². The summed E-state index contributed by atoms with van der Waals surface area (Å²) < 4.78 is 2.09. The van der Waals surface area contributed by atoms with Crippen molar-refractivity contribution < 1.29 is 9.90 Å². The van der Waals surface area contributed by atoms with Crippen molar-refractivity contribution in [2.45, 2.75) is 12.1 Å². The van der Waals surface area contributed by atoms with E-state index in [0.29, 0.717) is 12.1 Å². The van der Waals surface area contributed by atoms with Gasteiger partial charge in [0.05, 0.1) is 12.1 Å². The summed E-state index contributed by atoms with van der Waals surface area (Å²) in [6, 6.07) is 26.8. The van der Waals surface area contributed by atoms with Gasteiger partial charge in [-0.25, -0.2) is 0 Å². The molecular formula is C25H25N3O2. The van der Waals surface area contributed by atoms with Gasteiger partial charge in [0, 0.05) is 34.9 Å². The molecule has 4 aromatic rings. The highest BCUT2D eigenvalue weighted by Crippen LogP contribution is 2.29. The van der Waals surface area contributed by atoms with Gasteiger partial charge in [-0.05, 0) is 49.0 Å². The maximum atomic E-state index is 12.5. The Morgan fingerprint density at radius 3 is 2.37 bits per heavy atom. The van der Waals surface area contributed by atoms with E-state index in [2.05, 4.69) is 15.2 Å². The Bertz CT molecular complexity index is 1120. The van der Waals surface area contributed by atoms with E-state index in [-0.39, 0.29) is 11.9 Å². The molecule has 5 heteroatoms. The first-order valence-electron chi connectivity index (χ1n) is 10.0. The van der Waals surface area contributed by atoms with Gasteiger partial charge in [0.25, 0.3) is 5.91 Å². The zero-order valence-electron chi connectivity index (χ0n) is 16.8. The number of aliphatic hydroxyl groups is 1. The lowest BCUT2D eigenvalue weighted by Crippen LogP contribution is -2.33. The number of benzene rings is 3. The Labute approximate surface area is 176 Å². The maximum absolute atomic E-state index is 12.5. The van der Waals surface area contributed by atoms with E-state index >= 15 is 0 Å². The van der Waals surface area contributed by atoms with E-state index in [9.17, 15) is 9.90 Å². The standard InChI is InChI=1S/C25H25N3O2/c1-26-17-23(29)24(18-8-4-2-5-9-18)28-15-14-20-16-21(12-13-22(20)28)27-25(30)19-10-6-3-7-11-19/h2-16,23-24,26,29H,17H2,1H3,(H,27,30). The summed E-state index contributed by atoms with van der Waals surface area (Å²) in [6.07, 6.45) is 1.40. The Balaban J connectivity index is 1.66. The molecule has 0 saturated heterocycles. The van der Waals surface area contributed by atoms with E-state index in [1.165, 1.54) is 0 Å². The van der Waals surface area contributed by atoms with Crippen LogP contribution in [0.2, 0.25) is 0 Å². The number of rotatable bonds is 7. The number of hydrogen-bond donors (Lipinski definition) is 3. The number of fused-ring (bicyclic) bond motifs is 1. The third-order valence-electron chi connectivity index (χ3n) is 5.23.